The summed E-state index contributed by atoms with van der Waals surface area (Å²) in [5, 5.41) is 10.0. The molecule has 0 amide bonds. The van der Waals surface area contributed by atoms with Gasteiger partial charge in [0.25, 0.3) is 0 Å². The molecule has 2 rings (SSSR count). The van der Waals surface area contributed by atoms with E-state index in [4.69, 9.17) is 16.3 Å². The molecule has 0 spiro atoms. The van der Waals surface area contributed by atoms with Gasteiger partial charge in [-0.05, 0) is 47.7 Å². The van der Waals surface area contributed by atoms with Crippen LogP contribution in [0.2, 0.25) is 5.02 Å². The molecule has 146 valence electrons. The van der Waals surface area contributed by atoms with Crippen LogP contribution in [0.15, 0.2) is 42.5 Å². The van der Waals surface area contributed by atoms with Crippen molar-refractivity contribution in [3.05, 3.63) is 53.1 Å². The van der Waals surface area contributed by atoms with E-state index in [1.165, 1.54) is 12.1 Å². The highest BCUT2D eigenvalue weighted by Crippen LogP contribution is 2.36. The molecule has 0 aliphatic heterocycles. The highest BCUT2D eigenvalue weighted by Gasteiger charge is 2.29. The molecule has 0 saturated carbocycles. The molecule has 2 aromatic rings. The predicted octanol–water partition coefficient (Wildman–Crippen LogP) is 6.16. The Morgan fingerprint density at radius 1 is 1.15 bits per heavy atom. The van der Waals surface area contributed by atoms with Gasteiger partial charge in [0.1, 0.15) is 5.75 Å². The summed E-state index contributed by atoms with van der Waals surface area (Å²) in [6.45, 7) is 2.40. The minimum absolute atomic E-state index is 0.0343. The Balaban J connectivity index is 2.49. The van der Waals surface area contributed by atoms with E-state index in [1.54, 1.807) is 30.3 Å². The van der Waals surface area contributed by atoms with Crippen molar-refractivity contribution in [1.29, 1.82) is 0 Å². The van der Waals surface area contributed by atoms with Gasteiger partial charge in [-0.15, -0.1) is 0 Å². The lowest BCUT2D eigenvalue weighted by molar-refractivity contribution is -0.153. The third kappa shape index (κ3) is 6.17. The van der Waals surface area contributed by atoms with Crippen LogP contribution in [-0.4, -0.2) is 23.9 Å². The summed E-state index contributed by atoms with van der Waals surface area (Å²) in [4.78, 5) is 11.7. The van der Waals surface area contributed by atoms with Crippen LogP contribution in [-0.2, 0) is 4.79 Å². The van der Waals surface area contributed by atoms with Crippen LogP contribution in [0.25, 0.3) is 11.1 Å². The van der Waals surface area contributed by atoms with E-state index >= 15 is 0 Å². The van der Waals surface area contributed by atoms with Crippen molar-refractivity contribution in [1.82, 2.24) is 0 Å². The third-order valence-electron chi connectivity index (χ3n) is 3.96. The van der Waals surface area contributed by atoms with Crippen molar-refractivity contribution in [2.75, 3.05) is 6.61 Å². The molecule has 0 aliphatic rings. The number of aliphatic carboxylic acids is 1. The van der Waals surface area contributed by atoms with Gasteiger partial charge in [0.05, 0.1) is 5.92 Å². The maximum atomic E-state index is 12.6. The fourth-order valence-electron chi connectivity index (χ4n) is 2.76. The quantitative estimate of drug-likeness (QED) is 0.605. The minimum atomic E-state index is -4.48. The number of ether oxygens (including phenoxy) is 1. The first-order valence-corrected chi connectivity index (χ1v) is 8.77. The first-order valence-electron chi connectivity index (χ1n) is 8.39. The Bertz CT molecular complexity index is 786. The van der Waals surface area contributed by atoms with E-state index in [2.05, 4.69) is 0 Å². The minimum Gasteiger partial charge on any atom is -0.483 e. The van der Waals surface area contributed by atoms with Gasteiger partial charge in [0, 0.05) is 10.6 Å². The Morgan fingerprint density at radius 2 is 1.78 bits per heavy atom. The molecule has 0 saturated heterocycles. The smallest absolute Gasteiger partial charge is 0.422 e. The molecule has 0 aromatic heterocycles. The number of carbonyl (C=O) groups is 1. The maximum absolute atomic E-state index is 12.6. The molecule has 3 nitrogen and oxygen atoms in total. The van der Waals surface area contributed by atoms with Gasteiger partial charge in [0.2, 0.25) is 0 Å². The van der Waals surface area contributed by atoms with E-state index in [0.717, 1.165) is 0 Å². The second-order valence-electron chi connectivity index (χ2n) is 6.69. The topological polar surface area (TPSA) is 46.5 Å². The molecule has 1 unspecified atom stereocenters. The summed E-state index contributed by atoms with van der Waals surface area (Å²) < 4.78 is 42.7. The zero-order valence-corrected chi connectivity index (χ0v) is 15.6. The zero-order chi connectivity index (χ0) is 20.2. The molecule has 0 bridgehead atoms. The molecule has 0 radical (unpaired) electrons. The van der Waals surface area contributed by atoms with Crippen LogP contribution in [0.4, 0.5) is 13.2 Å². The highest BCUT2D eigenvalue weighted by atomic mass is 35.5. The summed E-state index contributed by atoms with van der Waals surface area (Å²) >= 11 is 5.88. The fraction of sp³-hybridized carbons (Fsp3) is 0.350. The van der Waals surface area contributed by atoms with Gasteiger partial charge in [-0.25, -0.2) is 0 Å². The summed E-state index contributed by atoms with van der Waals surface area (Å²) in [6.07, 6.45) is -4.06. The second-order valence-corrected chi connectivity index (χ2v) is 7.12. The van der Waals surface area contributed by atoms with Crippen LogP contribution >= 0.6 is 11.6 Å². The molecule has 1 atom stereocenters. The lowest BCUT2D eigenvalue weighted by atomic mass is 9.88. The summed E-state index contributed by atoms with van der Waals surface area (Å²) in [5.74, 6) is -1.55. The van der Waals surface area contributed by atoms with Crippen LogP contribution in [0.5, 0.6) is 5.75 Å². The lowest BCUT2D eigenvalue weighted by Gasteiger charge is -2.19. The molecule has 0 heterocycles. The number of hydrogen-bond acceptors (Lipinski definition) is 2. The number of halogens is 4. The van der Waals surface area contributed by atoms with Crippen molar-refractivity contribution < 1.29 is 27.8 Å². The van der Waals surface area contributed by atoms with Gasteiger partial charge in [-0.2, -0.15) is 13.2 Å². The Kier molecular flexibility index (Phi) is 6.76. The maximum Gasteiger partial charge on any atom is 0.422 e. The van der Waals surface area contributed by atoms with Gasteiger partial charge < -0.3 is 9.84 Å². The van der Waals surface area contributed by atoms with Gasteiger partial charge in [-0.1, -0.05) is 43.6 Å². The molecule has 7 heteroatoms. The standard InChI is InChI=1S/C20H20ClF3O3/c1-12(2)9-17(19(25)26)14-5-8-18(27-11-20(22,23)24)16(10-14)13-3-6-15(21)7-4-13/h3-8,10,12,17H,9,11H2,1-2H3,(H,25,26). The Labute approximate surface area is 160 Å². The summed E-state index contributed by atoms with van der Waals surface area (Å²) in [6, 6.07) is 11.0. The van der Waals surface area contributed by atoms with Crippen LogP contribution in [0.1, 0.15) is 31.7 Å². The largest absolute Gasteiger partial charge is 0.483 e. The lowest BCUT2D eigenvalue weighted by Crippen LogP contribution is -2.19. The first-order chi connectivity index (χ1) is 12.6. The van der Waals surface area contributed by atoms with Crippen molar-refractivity contribution >= 4 is 17.6 Å². The van der Waals surface area contributed by atoms with Crippen LogP contribution in [0, 0.1) is 5.92 Å². The number of alkyl halides is 3. The van der Waals surface area contributed by atoms with Crippen molar-refractivity contribution in [3.63, 3.8) is 0 Å². The zero-order valence-electron chi connectivity index (χ0n) is 14.9. The molecular weight excluding hydrogens is 381 g/mol. The van der Waals surface area contributed by atoms with Gasteiger partial charge >= 0.3 is 12.1 Å². The first kappa shape index (κ1) is 21.1. The molecular formula is C20H20ClF3O3. The van der Waals surface area contributed by atoms with E-state index < -0.39 is 24.7 Å². The monoisotopic (exact) mass is 400 g/mol. The number of rotatable bonds is 7. The molecule has 0 fully saturated rings. The molecule has 0 aliphatic carbocycles. The average molecular weight is 401 g/mol. The van der Waals surface area contributed by atoms with E-state index in [9.17, 15) is 23.1 Å². The average Bonchev–Trinajstić information content (AvgIpc) is 2.57. The Hall–Kier alpha value is -2.21. The molecule has 27 heavy (non-hydrogen) atoms. The number of hydrogen-bond donors (Lipinski definition) is 1. The number of carboxylic acids is 1. The van der Waals surface area contributed by atoms with E-state index in [-0.39, 0.29) is 11.7 Å². The summed E-state index contributed by atoms with van der Waals surface area (Å²) in [5.41, 5.74) is 1.50. The summed E-state index contributed by atoms with van der Waals surface area (Å²) in [7, 11) is 0. The second kappa shape index (κ2) is 8.65. The normalized spacial score (nSPS) is 12.9. The highest BCUT2D eigenvalue weighted by molar-refractivity contribution is 6.30. The Morgan fingerprint density at radius 3 is 2.30 bits per heavy atom. The van der Waals surface area contributed by atoms with Gasteiger partial charge in [0.15, 0.2) is 6.61 Å². The predicted molar refractivity (Wildman–Crippen MR) is 98.3 cm³/mol. The van der Waals surface area contributed by atoms with E-state index in [1.807, 2.05) is 13.8 Å². The molecule has 2 aromatic carbocycles. The number of benzene rings is 2. The van der Waals surface area contributed by atoms with E-state index in [0.29, 0.717) is 28.1 Å². The number of carboxylic acid groups (broad SMARTS) is 1. The van der Waals surface area contributed by atoms with Crippen molar-refractivity contribution in [3.8, 4) is 16.9 Å². The van der Waals surface area contributed by atoms with Crippen LogP contribution < -0.4 is 4.74 Å². The van der Waals surface area contributed by atoms with Gasteiger partial charge in [-0.3, -0.25) is 4.79 Å². The van der Waals surface area contributed by atoms with Crippen LogP contribution in [0.3, 0.4) is 0 Å². The molecule has 1 N–H and O–H groups in total. The van der Waals surface area contributed by atoms with Crippen molar-refractivity contribution in [2.45, 2.75) is 32.4 Å². The third-order valence-corrected chi connectivity index (χ3v) is 4.21. The fourth-order valence-corrected chi connectivity index (χ4v) is 2.88. The van der Waals surface area contributed by atoms with Crippen molar-refractivity contribution in [2.24, 2.45) is 5.92 Å². The SMILES string of the molecule is CC(C)CC(C(=O)O)c1ccc(OCC(F)(F)F)c(-c2ccc(Cl)cc2)c1.